The quantitative estimate of drug-likeness (QED) is 0.652. The number of H-pyrrole nitrogens is 1. The van der Waals surface area contributed by atoms with Crippen LogP contribution in [0.5, 0.6) is 0 Å². The second-order valence-electron chi connectivity index (χ2n) is 2.51. The molecule has 0 atom stereocenters. The van der Waals surface area contributed by atoms with Gasteiger partial charge in [0.1, 0.15) is 5.56 Å². The SMILES string of the molecule is COC(=O)c1cncc2cn[nH]c12. The molecule has 5 nitrogen and oxygen atoms in total. The van der Waals surface area contributed by atoms with Crippen molar-refractivity contribution in [2.75, 3.05) is 7.11 Å². The molecule has 1 N–H and O–H groups in total. The van der Waals surface area contributed by atoms with Crippen LogP contribution in [0.15, 0.2) is 18.6 Å². The summed E-state index contributed by atoms with van der Waals surface area (Å²) < 4.78 is 4.59. The summed E-state index contributed by atoms with van der Waals surface area (Å²) >= 11 is 0. The smallest absolute Gasteiger partial charge is 0.341 e. The number of carbonyl (C=O) groups excluding carboxylic acids is 1. The van der Waals surface area contributed by atoms with Crippen molar-refractivity contribution < 1.29 is 9.53 Å². The van der Waals surface area contributed by atoms with E-state index < -0.39 is 5.97 Å². The van der Waals surface area contributed by atoms with Crippen LogP contribution in [0.3, 0.4) is 0 Å². The molecule has 0 saturated carbocycles. The van der Waals surface area contributed by atoms with E-state index in [0.29, 0.717) is 11.1 Å². The molecule has 0 radical (unpaired) electrons. The second kappa shape index (κ2) is 2.85. The summed E-state index contributed by atoms with van der Waals surface area (Å²) in [6, 6.07) is 0. The Morgan fingerprint density at radius 1 is 1.46 bits per heavy atom. The molecule has 2 aromatic rings. The lowest BCUT2D eigenvalue weighted by Crippen LogP contribution is -2.02. The van der Waals surface area contributed by atoms with Crippen molar-refractivity contribution in [3.8, 4) is 0 Å². The number of nitrogens with zero attached hydrogens (tertiary/aromatic N) is 2. The second-order valence-corrected chi connectivity index (χ2v) is 2.51. The number of ether oxygens (including phenoxy) is 1. The van der Waals surface area contributed by atoms with Gasteiger partial charge in [-0.05, 0) is 0 Å². The molecule has 0 aromatic carbocycles. The van der Waals surface area contributed by atoms with Crippen LogP contribution in [0.4, 0.5) is 0 Å². The topological polar surface area (TPSA) is 67.9 Å². The molecule has 0 unspecified atom stereocenters. The Bertz CT molecular complexity index is 449. The molecule has 66 valence electrons. The van der Waals surface area contributed by atoms with E-state index in [-0.39, 0.29) is 0 Å². The van der Waals surface area contributed by atoms with Crippen molar-refractivity contribution >= 4 is 16.9 Å². The number of aromatic nitrogens is 3. The Kier molecular flexibility index (Phi) is 1.70. The number of pyridine rings is 1. The summed E-state index contributed by atoms with van der Waals surface area (Å²) in [7, 11) is 1.33. The summed E-state index contributed by atoms with van der Waals surface area (Å²) in [6.07, 6.45) is 4.69. The Hall–Kier alpha value is -1.91. The molecular formula is C8H7N3O2. The zero-order valence-electron chi connectivity index (χ0n) is 6.94. The van der Waals surface area contributed by atoms with Crippen molar-refractivity contribution in [2.45, 2.75) is 0 Å². The van der Waals surface area contributed by atoms with Gasteiger partial charge in [0.05, 0.1) is 18.8 Å². The van der Waals surface area contributed by atoms with Crippen LogP contribution in [0.1, 0.15) is 10.4 Å². The minimum absolute atomic E-state index is 0.400. The van der Waals surface area contributed by atoms with Gasteiger partial charge in [-0.2, -0.15) is 5.10 Å². The normalized spacial score (nSPS) is 10.2. The van der Waals surface area contributed by atoms with Crippen LogP contribution in [-0.2, 0) is 4.74 Å². The fourth-order valence-corrected chi connectivity index (χ4v) is 1.13. The molecular weight excluding hydrogens is 170 g/mol. The highest BCUT2D eigenvalue weighted by atomic mass is 16.5. The highest BCUT2D eigenvalue weighted by Crippen LogP contribution is 2.14. The lowest BCUT2D eigenvalue weighted by Gasteiger charge is -1.98. The molecule has 0 aliphatic heterocycles. The Morgan fingerprint density at radius 3 is 3.08 bits per heavy atom. The van der Waals surface area contributed by atoms with E-state index >= 15 is 0 Å². The molecule has 0 spiro atoms. The van der Waals surface area contributed by atoms with E-state index in [1.165, 1.54) is 13.3 Å². The van der Waals surface area contributed by atoms with E-state index in [1.807, 2.05) is 0 Å². The third kappa shape index (κ3) is 1.14. The minimum Gasteiger partial charge on any atom is -0.465 e. The van der Waals surface area contributed by atoms with Crippen LogP contribution in [-0.4, -0.2) is 28.3 Å². The van der Waals surface area contributed by atoms with Crippen molar-refractivity contribution in [3.63, 3.8) is 0 Å². The first-order valence-corrected chi connectivity index (χ1v) is 3.68. The van der Waals surface area contributed by atoms with Gasteiger partial charge in [0.2, 0.25) is 0 Å². The standard InChI is InChI=1S/C8H7N3O2/c1-13-8(12)6-4-9-2-5-3-10-11-7(5)6/h2-4H,1H3,(H,10,11). The zero-order chi connectivity index (χ0) is 9.26. The summed E-state index contributed by atoms with van der Waals surface area (Å²) in [5.74, 6) is -0.414. The van der Waals surface area contributed by atoms with Crippen LogP contribution in [0, 0.1) is 0 Å². The highest BCUT2D eigenvalue weighted by molar-refractivity contribution is 6.01. The third-order valence-corrected chi connectivity index (χ3v) is 1.76. The van der Waals surface area contributed by atoms with Crippen LogP contribution in [0.25, 0.3) is 10.9 Å². The molecule has 13 heavy (non-hydrogen) atoms. The first-order chi connectivity index (χ1) is 6.33. The Morgan fingerprint density at radius 2 is 2.31 bits per heavy atom. The van der Waals surface area contributed by atoms with Crippen molar-refractivity contribution in [1.82, 2.24) is 15.2 Å². The average molecular weight is 177 g/mol. The van der Waals surface area contributed by atoms with Gasteiger partial charge in [-0.25, -0.2) is 4.79 Å². The minimum atomic E-state index is -0.414. The highest BCUT2D eigenvalue weighted by Gasteiger charge is 2.11. The predicted octanol–water partition coefficient (Wildman–Crippen LogP) is 0.744. The first kappa shape index (κ1) is 7.72. The van der Waals surface area contributed by atoms with Gasteiger partial charge in [-0.15, -0.1) is 0 Å². The molecule has 0 amide bonds. The maximum Gasteiger partial charge on any atom is 0.341 e. The summed E-state index contributed by atoms with van der Waals surface area (Å²) in [5.41, 5.74) is 1.05. The van der Waals surface area contributed by atoms with Gasteiger partial charge in [-0.3, -0.25) is 10.1 Å². The maximum atomic E-state index is 11.2. The summed E-state index contributed by atoms with van der Waals surface area (Å²) in [6.45, 7) is 0. The van der Waals surface area contributed by atoms with Gasteiger partial charge in [0.15, 0.2) is 0 Å². The van der Waals surface area contributed by atoms with E-state index in [0.717, 1.165) is 5.39 Å². The predicted molar refractivity (Wildman–Crippen MR) is 45.2 cm³/mol. The molecule has 5 heteroatoms. The number of esters is 1. The number of nitrogens with one attached hydrogen (secondary N) is 1. The van der Waals surface area contributed by atoms with Crippen molar-refractivity contribution in [2.24, 2.45) is 0 Å². The van der Waals surface area contributed by atoms with Crippen LogP contribution < -0.4 is 0 Å². The fourth-order valence-electron chi connectivity index (χ4n) is 1.13. The number of hydrogen-bond acceptors (Lipinski definition) is 4. The van der Waals surface area contributed by atoms with Crippen LogP contribution >= 0.6 is 0 Å². The number of hydrogen-bond donors (Lipinski definition) is 1. The lowest BCUT2D eigenvalue weighted by molar-refractivity contribution is 0.0602. The number of aromatic amines is 1. The molecule has 0 bridgehead atoms. The molecule has 0 aliphatic rings. The summed E-state index contributed by atoms with van der Waals surface area (Å²) in [5, 5.41) is 7.31. The number of methoxy groups -OCH3 is 1. The summed E-state index contributed by atoms with van der Waals surface area (Å²) in [4.78, 5) is 15.1. The maximum absolute atomic E-state index is 11.2. The average Bonchev–Trinajstić information content (AvgIpc) is 2.63. The zero-order valence-corrected chi connectivity index (χ0v) is 6.94. The van der Waals surface area contributed by atoms with E-state index in [9.17, 15) is 4.79 Å². The van der Waals surface area contributed by atoms with Gasteiger partial charge < -0.3 is 4.74 Å². The van der Waals surface area contributed by atoms with Crippen molar-refractivity contribution in [1.29, 1.82) is 0 Å². The molecule has 2 heterocycles. The molecule has 2 aromatic heterocycles. The van der Waals surface area contributed by atoms with Crippen LogP contribution in [0.2, 0.25) is 0 Å². The monoisotopic (exact) mass is 177 g/mol. The van der Waals surface area contributed by atoms with Crippen molar-refractivity contribution in [3.05, 3.63) is 24.2 Å². The number of fused-ring (bicyclic) bond motifs is 1. The van der Waals surface area contributed by atoms with Gasteiger partial charge in [-0.1, -0.05) is 0 Å². The van der Waals surface area contributed by atoms with Gasteiger partial charge in [0.25, 0.3) is 0 Å². The first-order valence-electron chi connectivity index (χ1n) is 3.68. The van der Waals surface area contributed by atoms with E-state index in [2.05, 4.69) is 19.9 Å². The largest absolute Gasteiger partial charge is 0.465 e. The lowest BCUT2D eigenvalue weighted by atomic mass is 10.2. The molecule has 2 rings (SSSR count). The van der Waals surface area contributed by atoms with E-state index in [4.69, 9.17) is 0 Å². The number of rotatable bonds is 1. The van der Waals surface area contributed by atoms with E-state index in [1.54, 1.807) is 12.4 Å². The number of carbonyl (C=O) groups is 1. The molecule has 0 fully saturated rings. The Labute approximate surface area is 73.7 Å². The van der Waals surface area contributed by atoms with Gasteiger partial charge in [0, 0.05) is 17.8 Å². The Balaban J connectivity index is 2.67. The molecule has 0 saturated heterocycles. The van der Waals surface area contributed by atoms with Gasteiger partial charge >= 0.3 is 5.97 Å². The third-order valence-electron chi connectivity index (χ3n) is 1.76. The molecule has 0 aliphatic carbocycles. The fraction of sp³-hybridized carbons (Fsp3) is 0.125.